The number of amides is 1. The Morgan fingerprint density at radius 1 is 0.500 bits per heavy atom. The Labute approximate surface area is 453 Å². The van der Waals surface area contributed by atoms with Crippen molar-refractivity contribution >= 4 is 11.9 Å². The lowest BCUT2D eigenvalue weighted by Crippen LogP contribution is -2.60. The zero-order valence-corrected chi connectivity index (χ0v) is 47.6. The number of ether oxygens (including phenoxy) is 3. The molecule has 11 heteroatoms. The lowest BCUT2D eigenvalue weighted by Gasteiger charge is -2.40. The van der Waals surface area contributed by atoms with Crippen LogP contribution >= 0.6 is 0 Å². The predicted octanol–water partition coefficient (Wildman–Crippen LogP) is 14.5. The Bertz CT molecular complexity index is 1370. The molecule has 6 N–H and O–H groups in total. The zero-order valence-electron chi connectivity index (χ0n) is 47.6. The smallest absolute Gasteiger partial charge is 0.305 e. The number of carbonyl (C=O) groups is 2. The van der Waals surface area contributed by atoms with Crippen molar-refractivity contribution in [1.82, 2.24) is 5.32 Å². The molecule has 0 aromatic heterocycles. The highest BCUT2D eigenvalue weighted by Crippen LogP contribution is 2.23. The van der Waals surface area contributed by atoms with Gasteiger partial charge in [-0.3, -0.25) is 9.59 Å². The first-order valence-electron chi connectivity index (χ1n) is 30.9. The van der Waals surface area contributed by atoms with Gasteiger partial charge in [0.15, 0.2) is 6.29 Å². The second-order valence-electron chi connectivity index (χ2n) is 21.4. The summed E-state index contributed by atoms with van der Waals surface area (Å²) >= 11 is 0. The Morgan fingerprint density at radius 3 is 1.42 bits per heavy atom. The van der Waals surface area contributed by atoms with Gasteiger partial charge < -0.3 is 45.1 Å². The number of rotatable bonds is 53. The summed E-state index contributed by atoms with van der Waals surface area (Å²) < 4.78 is 16.7. The van der Waals surface area contributed by atoms with E-state index in [0.29, 0.717) is 19.4 Å². The molecule has 1 rings (SSSR count). The normalized spacial score (nSPS) is 19.1. The van der Waals surface area contributed by atoms with Crippen LogP contribution in [0, 0.1) is 0 Å². The van der Waals surface area contributed by atoms with E-state index in [1.807, 2.05) is 6.08 Å². The summed E-state index contributed by atoms with van der Waals surface area (Å²) in [4.78, 5) is 25.0. The van der Waals surface area contributed by atoms with Gasteiger partial charge in [-0.2, -0.15) is 0 Å². The summed E-state index contributed by atoms with van der Waals surface area (Å²) in [5.41, 5.74) is 0. The van der Waals surface area contributed by atoms with E-state index < -0.39 is 49.5 Å². The summed E-state index contributed by atoms with van der Waals surface area (Å²) in [6, 6.07) is -0.814. The second kappa shape index (κ2) is 52.7. The van der Waals surface area contributed by atoms with Crippen LogP contribution in [-0.2, 0) is 23.8 Å². The number of aliphatic hydroxyl groups is 5. The maximum atomic E-state index is 13.0. The molecule has 0 saturated carbocycles. The topological polar surface area (TPSA) is 175 Å². The largest absolute Gasteiger partial charge is 0.466 e. The summed E-state index contributed by atoms with van der Waals surface area (Å²) in [5.74, 6) is -0.206. The van der Waals surface area contributed by atoms with Crippen LogP contribution in [0.1, 0.15) is 277 Å². The second-order valence-corrected chi connectivity index (χ2v) is 21.4. The number of hydrogen-bond donors (Lipinski definition) is 6. The molecule has 1 heterocycles. The lowest BCUT2D eigenvalue weighted by molar-refractivity contribution is -0.302. The van der Waals surface area contributed by atoms with E-state index in [9.17, 15) is 35.1 Å². The maximum absolute atomic E-state index is 13.0. The van der Waals surface area contributed by atoms with Gasteiger partial charge in [-0.1, -0.05) is 229 Å². The van der Waals surface area contributed by atoms with Crippen LogP contribution in [0.25, 0.3) is 0 Å². The SMILES string of the molecule is CCCC/C=C\C/C=C\CCCCCCCC(=O)OCCCCCCCCCCCCCC/C=C\CCCCCCCCCC(=O)NC(COC1OC(CO)C(O)C(O)C1O)C(O)/C=C/CCCCCCCCC. The molecule has 1 amide bonds. The van der Waals surface area contributed by atoms with Crippen molar-refractivity contribution in [3.05, 3.63) is 48.6 Å². The summed E-state index contributed by atoms with van der Waals surface area (Å²) in [7, 11) is 0. The minimum absolute atomic E-state index is 0.0155. The van der Waals surface area contributed by atoms with Crippen molar-refractivity contribution in [2.24, 2.45) is 0 Å². The van der Waals surface area contributed by atoms with Crippen molar-refractivity contribution in [3.63, 3.8) is 0 Å². The Kier molecular flexibility index (Phi) is 49.6. The first kappa shape index (κ1) is 69.6. The third kappa shape index (κ3) is 41.7. The molecule has 74 heavy (non-hydrogen) atoms. The molecule has 0 bridgehead atoms. The van der Waals surface area contributed by atoms with Crippen LogP contribution < -0.4 is 5.32 Å². The van der Waals surface area contributed by atoms with Crippen LogP contribution in [-0.4, -0.2) is 100 Å². The number of esters is 1. The lowest BCUT2D eigenvalue weighted by atomic mass is 9.99. The minimum atomic E-state index is -1.57. The van der Waals surface area contributed by atoms with Gasteiger partial charge >= 0.3 is 5.97 Å². The molecule has 0 aliphatic carbocycles. The quantitative estimate of drug-likeness (QED) is 0.0195. The molecule has 432 valence electrons. The van der Waals surface area contributed by atoms with Crippen LogP contribution in [0.3, 0.4) is 0 Å². The van der Waals surface area contributed by atoms with Crippen LogP contribution in [0.2, 0.25) is 0 Å². The van der Waals surface area contributed by atoms with Gasteiger partial charge in [0.1, 0.15) is 24.4 Å². The average Bonchev–Trinajstić information content (AvgIpc) is 3.40. The van der Waals surface area contributed by atoms with E-state index in [2.05, 4.69) is 55.6 Å². The Balaban J connectivity index is 2.00. The molecule has 11 nitrogen and oxygen atoms in total. The number of aliphatic hydroxyl groups excluding tert-OH is 5. The van der Waals surface area contributed by atoms with Crippen LogP contribution in [0.15, 0.2) is 48.6 Å². The number of hydrogen-bond acceptors (Lipinski definition) is 10. The van der Waals surface area contributed by atoms with E-state index in [-0.39, 0.29) is 18.5 Å². The zero-order chi connectivity index (χ0) is 53.8. The highest BCUT2D eigenvalue weighted by molar-refractivity contribution is 5.76. The van der Waals surface area contributed by atoms with E-state index >= 15 is 0 Å². The van der Waals surface area contributed by atoms with Crippen LogP contribution in [0.5, 0.6) is 0 Å². The highest BCUT2D eigenvalue weighted by atomic mass is 16.7. The fraction of sp³-hybridized carbons (Fsp3) is 0.841. The third-order valence-corrected chi connectivity index (χ3v) is 14.4. The minimum Gasteiger partial charge on any atom is -0.466 e. The van der Waals surface area contributed by atoms with Crippen molar-refractivity contribution < 1.29 is 49.3 Å². The molecule has 0 radical (unpaired) electrons. The molecule has 1 aliphatic rings. The highest BCUT2D eigenvalue weighted by Gasteiger charge is 2.44. The number of nitrogens with one attached hydrogen (secondary N) is 1. The molecule has 1 aliphatic heterocycles. The monoisotopic (exact) mass is 1050 g/mol. The molecular formula is C63H115NO10. The predicted molar refractivity (Wildman–Crippen MR) is 306 cm³/mol. The fourth-order valence-electron chi connectivity index (χ4n) is 9.45. The molecule has 0 spiro atoms. The van der Waals surface area contributed by atoms with E-state index in [4.69, 9.17) is 14.2 Å². The number of unbranched alkanes of at least 4 members (excludes halogenated alkanes) is 33. The molecular weight excluding hydrogens is 931 g/mol. The van der Waals surface area contributed by atoms with Gasteiger partial charge in [0, 0.05) is 12.8 Å². The van der Waals surface area contributed by atoms with Crippen molar-refractivity contribution in [2.45, 2.75) is 320 Å². The maximum Gasteiger partial charge on any atom is 0.305 e. The van der Waals surface area contributed by atoms with E-state index in [0.717, 1.165) is 89.9 Å². The molecule has 0 aromatic carbocycles. The van der Waals surface area contributed by atoms with E-state index in [1.165, 1.54) is 161 Å². The van der Waals surface area contributed by atoms with Gasteiger partial charge in [0.05, 0.1) is 32.0 Å². The summed E-state index contributed by atoms with van der Waals surface area (Å²) in [6.07, 6.45) is 56.5. The summed E-state index contributed by atoms with van der Waals surface area (Å²) in [6.45, 7) is 4.26. The molecule has 1 fully saturated rings. The molecule has 0 aromatic rings. The van der Waals surface area contributed by atoms with Gasteiger partial charge in [-0.05, 0) is 83.5 Å². The van der Waals surface area contributed by atoms with Gasteiger partial charge in [0.2, 0.25) is 5.91 Å². The first-order chi connectivity index (χ1) is 36.2. The standard InChI is InChI=1S/C63H115NO10/c1-3-5-7-9-11-13-14-15-28-31-35-39-43-47-51-59(68)72-52-48-44-40-36-32-29-26-24-22-20-18-16-17-19-21-23-25-27-30-34-38-42-46-50-58(67)64-55(56(66)49-45-41-37-33-12-10-8-6-4-2)54-73-63-62(71)61(70)60(69)57(53-65)74-63/h9,11,14-15,19,21,45,49,55-57,60-63,65-66,69-71H,3-8,10,12-13,16-18,20,22-44,46-48,50-54H2,1-2H3,(H,64,67)/b11-9-,15-14-,21-19-,49-45+. The van der Waals surface area contributed by atoms with Gasteiger partial charge in [-0.25, -0.2) is 0 Å². The third-order valence-electron chi connectivity index (χ3n) is 14.4. The Hall–Kier alpha value is -2.38. The number of carbonyl (C=O) groups excluding carboxylic acids is 2. The van der Waals surface area contributed by atoms with Gasteiger partial charge in [0.25, 0.3) is 0 Å². The Morgan fingerprint density at radius 2 is 0.919 bits per heavy atom. The van der Waals surface area contributed by atoms with Crippen molar-refractivity contribution in [2.75, 3.05) is 19.8 Å². The first-order valence-corrected chi connectivity index (χ1v) is 30.9. The fourth-order valence-corrected chi connectivity index (χ4v) is 9.45. The molecule has 7 unspecified atom stereocenters. The van der Waals surface area contributed by atoms with Crippen molar-refractivity contribution in [3.8, 4) is 0 Å². The van der Waals surface area contributed by atoms with Gasteiger partial charge in [-0.15, -0.1) is 0 Å². The summed E-state index contributed by atoms with van der Waals surface area (Å²) in [5, 5.41) is 54.2. The van der Waals surface area contributed by atoms with Crippen LogP contribution in [0.4, 0.5) is 0 Å². The average molecular weight is 1050 g/mol. The molecule has 7 atom stereocenters. The van der Waals surface area contributed by atoms with Crippen molar-refractivity contribution in [1.29, 1.82) is 0 Å². The number of allylic oxidation sites excluding steroid dienone is 7. The molecule has 1 saturated heterocycles. The van der Waals surface area contributed by atoms with E-state index in [1.54, 1.807) is 6.08 Å².